The Morgan fingerprint density at radius 3 is 2.62 bits per heavy atom. The van der Waals surface area contributed by atoms with Crippen LogP contribution in [0.3, 0.4) is 0 Å². The highest BCUT2D eigenvalue weighted by Gasteiger charge is 2.15. The van der Waals surface area contributed by atoms with E-state index in [4.69, 9.17) is 5.73 Å². The third kappa shape index (κ3) is 2.99. The molecule has 1 aromatic heterocycles. The van der Waals surface area contributed by atoms with Crippen molar-refractivity contribution >= 4 is 5.82 Å². The topological polar surface area (TPSA) is 72.0 Å². The lowest BCUT2D eigenvalue weighted by Gasteiger charge is -2.17. The van der Waals surface area contributed by atoms with Gasteiger partial charge in [0.2, 0.25) is 0 Å². The lowest BCUT2D eigenvalue weighted by molar-refractivity contribution is 0.0810. The van der Waals surface area contributed by atoms with Crippen LogP contribution in [0.4, 0.5) is 5.82 Å². The molecule has 3 N–H and O–H groups in total. The highest BCUT2D eigenvalue weighted by atomic mass is 16.3. The van der Waals surface area contributed by atoms with Crippen molar-refractivity contribution in [2.75, 3.05) is 5.73 Å². The first kappa shape index (κ1) is 9.92. The monoisotopic (exact) mass is 181 g/mol. The fourth-order valence-corrected chi connectivity index (χ4v) is 1.11. The Balaban J connectivity index is 2.90. The zero-order valence-electron chi connectivity index (χ0n) is 8.20. The van der Waals surface area contributed by atoms with Crippen molar-refractivity contribution in [2.24, 2.45) is 0 Å². The number of nitrogens with two attached hydrogens (primary N) is 1. The number of rotatable bonds is 2. The summed E-state index contributed by atoms with van der Waals surface area (Å²) in [6.07, 6.45) is 2.13. The molecule has 0 fully saturated rings. The fraction of sp³-hybridized carbons (Fsp3) is 0.556. The molecule has 72 valence electrons. The second kappa shape index (κ2) is 3.30. The summed E-state index contributed by atoms with van der Waals surface area (Å²) in [5.74, 6) is 1.10. The molecule has 0 saturated heterocycles. The first-order chi connectivity index (χ1) is 5.88. The SMILES string of the molecule is Cc1ncc(CC(C)(C)O)c(N)n1. The Hall–Kier alpha value is -1.16. The molecule has 1 heterocycles. The van der Waals surface area contributed by atoms with Crippen LogP contribution in [0.5, 0.6) is 0 Å². The molecule has 1 aromatic rings. The van der Waals surface area contributed by atoms with Crippen LogP contribution in [0.25, 0.3) is 0 Å². The number of anilines is 1. The first-order valence-electron chi connectivity index (χ1n) is 4.19. The molecule has 0 amide bonds. The zero-order valence-corrected chi connectivity index (χ0v) is 8.20. The van der Waals surface area contributed by atoms with E-state index in [1.807, 2.05) is 0 Å². The minimum atomic E-state index is -0.771. The van der Waals surface area contributed by atoms with Gasteiger partial charge in [0.15, 0.2) is 0 Å². The van der Waals surface area contributed by atoms with Gasteiger partial charge in [0, 0.05) is 18.2 Å². The van der Waals surface area contributed by atoms with Crippen LogP contribution < -0.4 is 5.73 Å². The number of aromatic nitrogens is 2. The van der Waals surface area contributed by atoms with E-state index in [1.165, 1.54) is 0 Å². The van der Waals surface area contributed by atoms with Gasteiger partial charge in [0.25, 0.3) is 0 Å². The molecule has 0 saturated carbocycles. The molecule has 13 heavy (non-hydrogen) atoms. The van der Waals surface area contributed by atoms with Gasteiger partial charge in [0.1, 0.15) is 11.6 Å². The van der Waals surface area contributed by atoms with E-state index >= 15 is 0 Å². The number of nitrogens with zero attached hydrogens (tertiary/aromatic N) is 2. The Kier molecular flexibility index (Phi) is 2.52. The van der Waals surface area contributed by atoms with E-state index in [9.17, 15) is 5.11 Å². The predicted molar refractivity (Wildman–Crippen MR) is 51.2 cm³/mol. The van der Waals surface area contributed by atoms with E-state index in [0.29, 0.717) is 18.1 Å². The molecule has 0 aliphatic rings. The maximum atomic E-state index is 9.55. The van der Waals surface area contributed by atoms with Gasteiger partial charge in [-0.05, 0) is 20.8 Å². The van der Waals surface area contributed by atoms with Gasteiger partial charge < -0.3 is 10.8 Å². The van der Waals surface area contributed by atoms with Gasteiger partial charge in [-0.1, -0.05) is 0 Å². The van der Waals surface area contributed by atoms with E-state index in [1.54, 1.807) is 27.0 Å². The van der Waals surface area contributed by atoms with Crippen molar-refractivity contribution in [2.45, 2.75) is 32.8 Å². The molecule has 0 radical (unpaired) electrons. The second-order valence-corrected chi connectivity index (χ2v) is 3.82. The molecule has 4 nitrogen and oxygen atoms in total. The zero-order chi connectivity index (χ0) is 10.1. The third-order valence-corrected chi connectivity index (χ3v) is 1.64. The van der Waals surface area contributed by atoms with E-state index in [0.717, 1.165) is 5.56 Å². The molecular formula is C9H15N3O. The highest BCUT2D eigenvalue weighted by molar-refractivity contribution is 5.38. The smallest absolute Gasteiger partial charge is 0.130 e. The Bertz CT molecular complexity index is 304. The molecule has 0 unspecified atom stereocenters. The quantitative estimate of drug-likeness (QED) is 0.703. The average molecular weight is 181 g/mol. The van der Waals surface area contributed by atoms with Crippen molar-refractivity contribution < 1.29 is 5.11 Å². The lowest BCUT2D eigenvalue weighted by Crippen LogP contribution is -2.23. The van der Waals surface area contributed by atoms with Crippen molar-refractivity contribution in [1.29, 1.82) is 0 Å². The maximum absolute atomic E-state index is 9.55. The van der Waals surface area contributed by atoms with Crippen molar-refractivity contribution in [3.8, 4) is 0 Å². The minimum Gasteiger partial charge on any atom is -0.390 e. The summed E-state index contributed by atoms with van der Waals surface area (Å²) in [6.45, 7) is 5.24. The number of nitrogen functional groups attached to an aromatic ring is 1. The molecule has 0 aromatic carbocycles. The highest BCUT2D eigenvalue weighted by Crippen LogP contribution is 2.15. The predicted octanol–water partition coefficient (Wildman–Crippen LogP) is 0.681. The van der Waals surface area contributed by atoms with Crippen LogP contribution in [0, 0.1) is 6.92 Å². The Morgan fingerprint density at radius 1 is 1.54 bits per heavy atom. The Labute approximate surface area is 77.8 Å². The van der Waals surface area contributed by atoms with Crippen LogP contribution in [-0.4, -0.2) is 20.7 Å². The average Bonchev–Trinajstić information content (AvgIpc) is 1.93. The van der Waals surface area contributed by atoms with Gasteiger partial charge in [-0.3, -0.25) is 0 Å². The van der Waals surface area contributed by atoms with Crippen molar-refractivity contribution in [1.82, 2.24) is 9.97 Å². The number of aryl methyl sites for hydroxylation is 1. The molecule has 0 spiro atoms. The minimum absolute atomic E-state index is 0.453. The molecule has 1 rings (SSSR count). The summed E-state index contributed by atoms with van der Waals surface area (Å²) < 4.78 is 0. The molecule has 0 bridgehead atoms. The van der Waals surface area contributed by atoms with Crippen LogP contribution in [0.2, 0.25) is 0 Å². The maximum Gasteiger partial charge on any atom is 0.130 e. The third-order valence-electron chi connectivity index (χ3n) is 1.64. The fourth-order valence-electron chi connectivity index (χ4n) is 1.11. The first-order valence-corrected chi connectivity index (χ1v) is 4.19. The van der Waals surface area contributed by atoms with Crippen LogP contribution in [-0.2, 0) is 6.42 Å². The summed E-state index contributed by atoms with van der Waals surface area (Å²) in [4.78, 5) is 8.04. The van der Waals surface area contributed by atoms with Gasteiger partial charge >= 0.3 is 0 Å². The van der Waals surface area contributed by atoms with Gasteiger partial charge in [0.05, 0.1) is 5.60 Å². The largest absolute Gasteiger partial charge is 0.390 e. The summed E-state index contributed by atoms with van der Waals surface area (Å²) in [5.41, 5.74) is 5.69. The summed E-state index contributed by atoms with van der Waals surface area (Å²) in [6, 6.07) is 0. The lowest BCUT2D eigenvalue weighted by atomic mass is 10.0. The number of hydrogen-bond acceptors (Lipinski definition) is 4. The number of aliphatic hydroxyl groups is 1. The normalized spacial score (nSPS) is 11.7. The molecule has 4 heteroatoms. The molecule has 0 aliphatic carbocycles. The Morgan fingerprint density at radius 2 is 2.15 bits per heavy atom. The molecule has 0 aliphatic heterocycles. The van der Waals surface area contributed by atoms with E-state index in [-0.39, 0.29) is 0 Å². The van der Waals surface area contributed by atoms with Crippen LogP contribution in [0.1, 0.15) is 25.2 Å². The van der Waals surface area contributed by atoms with Crippen LogP contribution >= 0.6 is 0 Å². The van der Waals surface area contributed by atoms with E-state index in [2.05, 4.69) is 9.97 Å². The van der Waals surface area contributed by atoms with Gasteiger partial charge in [-0.2, -0.15) is 0 Å². The molecular weight excluding hydrogens is 166 g/mol. The van der Waals surface area contributed by atoms with Crippen molar-refractivity contribution in [3.63, 3.8) is 0 Å². The number of hydrogen-bond donors (Lipinski definition) is 2. The molecule has 0 atom stereocenters. The summed E-state index contributed by atoms with van der Waals surface area (Å²) in [5, 5.41) is 9.55. The van der Waals surface area contributed by atoms with Gasteiger partial charge in [-0.15, -0.1) is 0 Å². The van der Waals surface area contributed by atoms with Crippen LogP contribution in [0.15, 0.2) is 6.20 Å². The van der Waals surface area contributed by atoms with Gasteiger partial charge in [-0.25, -0.2) is 9.97 Å². The summed E-state index contributed by atoms with van der Waals surface area (Å²) in [7, 11) is 0. The second-order valence-electron chi connectivity index (χ2n) is 3.82. The summed E-state index contributed by atoms with van der Waals surface area (Å²) >= 11 is 0. The van der Waals surface area contributed by atoms with E-state index < -0.39 is 5.60 Å². The van der Waals surface area contributed by atoms with Crippen molar-refractivity contribution in [3.05, 3.63) is 17.6 Å². The standard InChI is InChI=1S/C9H15N3O/c1-6-11-5-7(8(10)12-6)4-9(2,3)13/h5,13H,4H2,1-3H3,(H2,10,11,12).